The number of benzene rings is 1. The molecule has 1 aliphatic rings. The van der Waals surface area contributed by atoms with E-state index >= 15 is 0 Å². The number of hydrogen-bond donors (Lipinski definition) is 0. The molecular weight excluding hydrogens is 270 g/mol. The molecule has 0 spiro atoms. The average Bonchev–Trinajstić information content (AvgIpc) is 2.48. The van der Waals surface area contributed by atoms with Crippen molar-refractivity contribution in [1.29, 1.82) is 0 Å². The monoisotopic (exact) mass is 296 g/mol. The van der Waals surface area contributed by atoms with Gasteiger partial charge in [0.25, 0.3) is 0 Å². The first kappa shape index (κ1) is 16.3. The van der Waals surface area contributed by atoms with Gasteiger partial charge in [-0.3, -0.25) is 0 Å². The number of ether oxygens (including phenoxy) is 1. The lowest BCUT2D eigenvalue weighted by molar-refractivity contribution is 0.169. The van der Waals surface area contributed by atoms with Gasteiger partial charge in [-0.25, -0.2) is 8.78 Å². The van der Waals surface area contributed by atoms with Gasteiger partial charge >= 0.3 is 0 Å². The van der Waals surface area contributed by atoms with Crippen LogP contribution in [-0.4, -0.2) is 6.61 Å². The Kier molecular flexibility index (Phi) is 6.47. The van der Waals surface area contributed by atoms with Crippen LogP contribution in [0.1, 0.15) is 58.3 Å². The zero-order valence-corrected chi connectivity index (χ0v) is 12.9. The van der Waals surface area contributed by atoms with Gasteiger partial charge in [0.2, 0.25) is 0 Å². The zero-order chi connectivity index (χ0) is 15.1. The Morgan fingerprint density at radius 3 is 2.24 bits per heavy atom. The lowest BCUT2D eigenvalue weighted by atomic mass is 9.80. The Morgan fingerprint density at radius 2 is 1.62 bits per heavy atom. The first-order valence-corrected chi connectivity index (χ1v) is 8.27. The second-order valence-electron chi connectivity index (χ2n) is 6.24. The summed E-state index contributed by atoms with van der Waals surface area (Å²) in [6, 6.07) is 3.84. The molecule has 0 aromatic heterocycles. The summed E-state index contributed by atoms with van der Waals surface area (Å²) in [6.07, 6.45) is 9.98. The van der Waals surface area contributed by atoms with Gasteiger partial charge < -0.3 is 4.74 Å². The maximum atomic E-state index is 13.5. The second-order valence-corrected chi connectivity index (χ2v) is 6.24. The molecule has 1 aromatic rings. The Bertz CT molecular complexity index is 405. The highest BCUT2D eigenvalue weighted by atomic mass is 19.1. The van der Waals surface area contributed by atoms with E-state index in [4.69, 9.17) is 4.74 Å². The molecule has 0 amide bonds. The van der Waals surface area contributed by atoms with Gasteiger partial charge in [0, 0.05) is 0 Å². The van der Waals surface area contributed by atoms with Crippen molar-refractivity contribution in [3.05, 3.63) is 29.8 Å². The molecule has 0 saturated heterocycles. The molecule has 1 saturated carbocycles. The number of rotatable bonds is 7. The zero-order valence-electron chi connectivity index (χ0n) is 12.9. The van der Waals surface area contributed by atoms with E-state index in [1.807, 2.05) is 0 Å². The lowest BCUT2D eigenvalue weighted by Gasteiger charge is -2.28. The maximum absolute atomic E-state index is 13.5. The van der Waals surface area contributed by atoms with Crippen LogP contribution in [0.3, 0.4) is 0 Å². The molecule has 1 aromatic carbocycles. The minimum absolute atomic E-state index is 0.220. The minimum Gasteiger partial charge on any atom is -0.487 e. The van der Waals surface area contributed by atoms with E-state index in [9.17, 15) is 8.78 Å². The van der Waals surface area contributed by atoms with Crippen LogP contribution in [0.5, 0.6) is 5.75 Å². The summed E-state index contributed by atoms with van der Waals surface area (Å²) < 4.78 is 32.3. The highest BCUT2D eigenvalue weighted by molar-refractivity contribution is 5.25. The Morgan fingerprint density at radius 1 is 1.00 bits per heavy atom. The molecule has 0 heterocycles. The molecule has 0 atom stereocenters. The Balaban J connectivity index is 1.71. The predicted molar refractivity (Wildman–Crippen MR) is 81.4 cm³/mol. The number of halogens is 2. The summed E-state index contributed by atoms with van der Waals surface area (Å²) in [4.78, 5) is 0. The minimum atomic E-state index is -0.608. The first-order chi connectivity index (χ1) is 10.2. The second kappa shape index (κ2) is 8.35. The van der Waals surface area contributed by atoms with Crippen molar-refractivity contribution >= 4 is 0 Å². The van der Waals surface area contributed by atoms with Crippen LogP contribution in [0.25, 0.3) is 0 Å². The van der Waals surface area contributed by atoms with Gasteiger partial charge in [-0.2, -0.15) is 0 Å². The summed E-state index contributed by atoms with van der Waals surface area (Å²) in [6.45, 7) is 2.66. The first-order valence-electron chi connectivity index (χ1n) is 8.27. The van der Waals surface area contributed by atoms with Crippen molar-refractivity contribution in [3.8, 4) is 5.75 Å². The van der Waals surface area contributed by atoms with E-state index in [0.717, 1.165) is 18.8 Å². The third kappa shape index (κ3) is 4.98. The van der Waals surface area contributed by atoms with Crippen LogP contribution in [0, 0.1) is 23.5 Å². The van der Waals surface area contributed by atoms with Gasteiger partial charge in [0.1, 0.15) is 0 Å². The van der Waals surface area contributed by atoms with E-state index in [-0.39, 0.29) is 5.75 Å². The molecule has 0 N–H and O–H groups in total. The molecule has 21 heavy (non-hydrogen) atoms. The number of para-hydroxylation sites is 1. The molecule has 3 heteroatoms. The molecule has 118 valence electrons. The van der Waals surface area contributed by atoms with Crippen molar-refractivity contribution in [2.45, 2.75) is 58.3 Å². The summed E-state index contributed by atoms with van der Waals surface area (Å²) >= 11 is 0. The van der Waals surface area contributed by atoms with Crippen LogP contribution < -0.4 is 4.74 Å². The lowest BCUT2D eigenvalue weighted by Crippen LogP contribution is -2.20. The van der Waals surface area contributed by atoms with Gasteiger partial charge in [-0.1, -0.05) is 51.5 Å². The van der Waals surface area contributed by atoms with E-state index in [2.05, 4.69) is 6.92 Å². The van der Waals surface area contributed by atoms with Gasteiger partial charge in [0.05, 0.1) is 6.61 Å². The van der Waals surface area contributed by atoms with Crippen LogP contribution in [0.15, 0.2) is 18.2 Å². The van der Waals surface area contributed by atoms with Crippen LogP contribution in [0.4, 0.5) is 8.78 Å². The normalized spacial score (nSPS) is 22.2. The molecule has 0 radical (unpaired) electrons. The fourth-order valence-corrected chi connectivity index (χ4v) is 3.19. The van der Waals surface area contributed by atoms with Crippen LogP contribution >= 0.6 is 0 Å². The van der Waals surface area contributed by atoms with Gasteiger partial charge in [-0.05, 0) is 36.8 Å². The Hall–Kier alpha value is -1.12. The largest absolute Gasteiger partial charge is 0.487 e. The topological polar surface area (TPSA) is 9.23 Å². The molecule has 2 rings (SSSR count). The van der Waals surface area contributed by atoms with Gasteiger partial charge in [-0.15, -0.1) is 0 Å². The van der Waals surface area contributed by atoms with Crippen molar-refractivity contribution in [3.63, 3.8) is 0 Å². The summed E-state index contributed by atoms with van der Waals surface area (Å²) in [7, 11) is 0. The number of hydrogen-bond acceptors (Lipinski definition) is 1. The number of unbranched alkanes of at least 4 members (excludes halogenated alkanes) is 2. The fraction of sp³-hybridized carbons (Fsp3) is 0.667. The predicted octanol–water partition coefficient (Wildman–Crippen LogP) is 5.73. The third-order valence-electron chi connectivity index (χ3n) is 4.56. The molecule has 0 aliphatic heterocycles. The third-order valence-corrected chi connectivity index (χ3v) is 4.56. The van der Waals surface area contributed by atoms with Crippen molar-refractivity contribution < 1.29 is 13.5 Å². The quantitative estimate of drug-likeness (QED) is 0.584. The highest BCUT2D eigenvalue weighted by Crippen LogP contribution is 2.33. The molecule has 0 unspecified atom stereocenters. The highest BCUT2D eigenvalue weighted by Gasteiger charge is 2.22. The maximum Gasteiger partial charge on any atom is 0.190 e. The standard InChI is InChI=1S/C18H26F2O/c1-2-3-4-6-14-9-11-15(12-10-14)13-21-18-16(19)7-5-8-17(18)20/h5,7-8,14-15H,2-4,6,9-13H2,1H3/t14-,15-. The molecule has 1 nitrogen and oxygen atoms in total. The van der Waals surface area contributed by atoms with Crippen molar-refractivity contribution in [1.82, 2.24) is 0 Å². The van der Waals surface area contributed by atoms with E-state index < -0.39 is 11.6 Å². The van der Waals surface area contributed by atoms with E-state index in [1.54, 1.807) is 0 Å². The van der Waals surface area contributed by atoms with E-state index in [1.165, 1.54) is 56.7 Å². The molecule has 0 bridgehead atoms. The molecule has 1 aliphatic carbocycles. The van der Waals surface area contributed by atoms with E-state index in [0.29, 0.717) is 12.5 Å². The van der Waals surface area contributed by atoms with Crippen LogP contribution in [-0.2, 0) is 0 Å². The van der Waals surface area contributed by atoms with Crippen molar-refractivity contribution in [2.75, 3.05) is 6.61 Å². The fourth-order valence-electron chi connectivity index (χ4n) is 3.19. The smallest absolute Gasteiger partial charge is 0.190 e. The Labute approximate surface area is 126 Å². The summed E-state index contributed by atoms with van der Waals surface area (Å²) in [5.74, 6) is -0.154. The summed E-state index contributed by atoms with van der Waals surface area (Å²) in [5.41, 5.74) is 0. The van der Waals surface area contributed by atoms with Crippen LogP contribution in [0.2, 0.25) is 0 Å². The summed E-state index contributed by atoms with van der Waals surface area (Å²) in [5, 5.41) is 0. The molecular formula is C18H26F2O. The van der Waals surface area contributed by atoms with Gasteiger partial charge in [0.15, 0.2) is 17.4 Å². The van der Waals surface area contributed by atoms with Crippen molar-refractivity contribution in [2.24, 2.45) is 11.8 Å². The average molecular weight is 296 g/mol. The SMILES string of the molecule is CCCCC[C@H]1CC[C@H](COc2c(F)cccc2F)CC1. The molecule has 1 fully saturated rings.